The minimum absolute atomic E-state index is 0.00727. The van der Waals surface area contributed by atoms with Gasteiger partial charge in [0, 0.05) is 23.1 Å². The number of hydrogen-bond donors (Lipinski definition) is 1. The number of anilines is 1. The Morgan fingerprint density at radius 1 is 1.09 bits per heavy atom. The Morgan fingerprint density at radius 2 is 1.70 bits per heavy atom. The molecular weight excluding hydrogens is 508 g/mol. The van der Waals surface area contributed by atoms with E-state index in [9.17, 15) is 18.0 Å². The number of benzene rings is 1. The van der Waals surface area contributed by atoms with Crippen LogP contribution in [0.25, 0.3) is 0 Å². The lowest BCUT2D eigenvalue weighted by molar-refractivity contribution is -0.153. The van der Waals surface area contributed by atoms with Gasteiger partial charge in [0.05, 0.1) is 11.3 Å². The summed E-state index contributed by atoms with van der Waals surface area (Å²) in [5.41, 5.74) is 0.463. The first-order chi connectivity index (χ1) is 15.6. The molecule has 4 bridgehead atoms. The van der Waals surface area contributed by atoms with Crippen LogP contribution < -0.4 is 5.32 Å². The van der Waals surface area contributed by atoms with Crippen LogP contribution in [-0.2, 0) is 24.3 Å². The summed E-state index contributed by atoms with van der Waals surface area (Å²) in [6, 6.07) is 6.03. The first-order valence-electron chi connectivity index (χ1n) is 11.8. The van der Waals surface area contributed by atoms with Gasteiger partial charge in [-0.3, -0.25) is 9.59 Å². The quantitative estimate of drug-likeness (QED) is 0.371. The molecule has 1 aromatic rings. The van der Waals surface area contributed by atoms with E-state index < -0.39 is 15.9 Å². The molecule has 182 valence electrons. The average molecular weight is 542 g/mol. The molecule has 2 atom stereocenters. The third-order valence-electron chi connectivity index (χ3n) is 7.48. The Morgan fingerprint density at radius 3 is 2.24 bits per heavy atom. The molecule has 4 fully saturated rings. The Balaban J connectivity index is 1.28. The maximum absolute atomic E-state index is 12.6. The van der Waals surface area contributed by atoms with Crippen molar-refractivity contribution in [1.82, 2.24) is 4.31 Å². The van der Waals surface area contributed by atoms with Crippen molar-refractivity contribution in [2.45, 2.75) is 68.0 Å². The molecule has 5 rings (SSSR count). The molecule has 0 aromatic heterocycles. The number of nitrogens with zero attached hydrogens (tertiary/aromatic N) is 1. The van der Waals surface area contributed by atoms with Crippen molar-refractivity contribution in [3.8, 4) is 0 Å². The van der Waals surface area contributed by atoms with Gasteiger partial charge in [0.25, 0.3) is 5.91 Å². The van der Waals surface area contributed by atoms with Crippen LogP contribution in [0.5, 0.6) is 0 Å². The highest BCUT2D eigenvalue weighted by Crippen LogP contribution is 2.65. The van der Waals surface area contributed by atoms with Gasteiger partial charge < -0.3 is 10.1 Å². The molecule has 4 saturated carbocycles. The molecule has 4 aliphatic rings. The van der Waals surface area contributed by atoms with Gasteiger partial charge in [-0.15, -0.1) is 0 Å². The van der Waals surface area contributed by atoms with Gasteiger partial charge in [-0.25, -0.2) is 8.42 Å². The van der Waals surface area contributed by atoms with E-state index in [1.807, 2.05) is 0 Å². The van der Waals surface area contributed by atoms with Crippen LogP contribution in [-0.4, -0.2) is 48.6 Å². The number of ether oxygens (including phenoxy) is 1. The fourth-order valence-corrected chi connectivity index (χ4v) is 9.63. The molecule has 1 amide bonds. The summed E-state index contributed by atoms with van der Waals surface area (Å²) in [7, 11) is -3.55. The molecule has 1 N–H and O–H groups in total. The standard InChI is InChI=1S/C24H33BrN2O5S/c1-3-27(4-2)33(30,31)20-7-5-19(6-8-20)26-21(28)15-32-22(29)14-23-10-17-9-18(11-23)13-24(25,12-17)16-23/h5-8,17-18H,3-4,9-16H2,1-2H3,(H,26,28)/t17-,18-,23?,24?/m0/s1. The van der Waals surface area contributed by atoms with Crippen molar-refractivity contribution < 1.29 is 22.7 Å². The number of halogens is 1. The highest BCUT2D eigenvalue weighted by Gasteiger charge is 2.57. The fraction of sp³-hybridized carbons (Fsp3) is 0.667. The van der Waals surface area contributed by atoms with Crippen molar-refractivity contribution in [2.75, 3.05) is 25.0 Å². The zero-order valence-corrected chi connectivity index (χ0v) is 21.7. The minimum Gasteiger partial charge on any atom is -0.456 e. The number of nitrogens with one attached hydrogen (secondary N) is 1. The molecule has 1 aromatic carbocycles. The van der Waals surface area contributed by atoms with Crippen LogP contribution in [0.1, 0.15) is 58.8 Å². The molecule has 0 heterocycles. The number of alkyl halides is 1. The lowest BCUT2D eigenvalue weighted by atomic mass is 9.49. The lowest BCUT2D eigenvalue weighted by Gasteiger charge is -2.60. The third kappa shape index (κ3) is 5.30. The summed E-state index contributed by atoms with van der Waals surface area (Å²) in [6.45, 7) is 4.01. The first-order valence-corrected chi connectivity index (χ1v) is 14.0. The summed E-state index contributed by atoms with van der Waals surface area (Å²) in [6.07, 6.45) is 7.24. The molecule has 0 aliphatic heterocycles. The van der Waals surface area contributed by atoms with Crippen molar-refractivity contribution in [3.05, 3.63) is 24.3 Å². The topological polar surface area (TPSA) is 92.8 Å². The number of hydrogen-bond acceptors (Lipinski definition) is 5. The highest BCUT2D eigenvalue weighted by atomic mass is 79.9. The number of amides is 1. The molecule has 4 aliphatic carbocycles. The summed E-state index contributed by atoms with van der Waals surface area (Å²) >= 11 is 3.96. The lowest BCUT2D eigenvalue weighted by Crippen LogP contribution is -2.53. The molecule has 0 saturated heterocycles. The number of esters is 1. The second-order valence-corrected chi connectivity index (χ2v) is 13.7. The maximum Gasteiger partial charge on any atom is 0.306 e. The van der Waals surface area contributed by atoms with E-state index in [1.165, 1.54) is 35.7 Å². The number of carbonyl (C=O) groups excluding carboxylic acids is 2. The largest absolute Gasteiger partial charge is 0.456 e. The Labute approximate surface area is 204 Å². The van der Waals surface area contributed by atoms with Gasteiger partial charge in [-0.2, -0.15) is 4.31 Å². The zero-order valence-electron chi connectivity index (χ0n) is 19.3. The fourth-order valence-electron chi connectivity index (χ4n) is 6.67. The zero-order chi connectivity index (χ0) is 23.9. The molecule has 0 spiro atoms. The van der Waals surface area contributed by atoms with E-state index in [4.69, 9.17) is 4.74 Å². The van der Waals surface area contributed by atoms with Crippen molar-refractivity contribution in [3.63, 3.8) is 0 Å². The van der Waals surface area contributed by atoms with Gasteiger partial charge in [0.15, 0.2) is 6.61 Å². The van der Waals surface area contributed by atoms with E-state index in [0.29, 0.717) is 37.0 Å². The van der Waals surface area contributed by atoms with E-state index in [2.05, 4.69) is 21.2 Å². The smallest absolute Gasteiger partial charge is 0.306 e. The number of rotatable bonds is 9. The maximum atomic E-state index is 12.6. The van der Waals surface area contributed by atoms with Crippen LogP contribution in [0.4, 0.5) is 5.69 Å². The van der Waals surface area contributed by atoms with E-state index >= 15 is 0 Å². The number of sulfonamides is 1. The predicted octanol–water partition coefficient (Wildman–Crippen LogP) is 4.32. The van der Waals surface area contributed by atoms with Crippen LogP contribution in [0.3, 0.4) is 0 Å². The molecule has 7 nitrogen and oxygen atoms in total. The second-order valence-electron chi connectivity index (χ2n) is 10.1. The SMILES string of the molecule is CCN(CC)S(=O)(=O)c1ccc(NC(=O)COC(=O)CC23C[C@@H]4C[C@H](CC(Br)(C4)C2)C3)cc1. The highest BCUT2D eigenvalue weighted by molar-refractivity contribution is 9.10. The monoisotopic (exact) mass is 540 g/mol. The van der Waals surface area contributed by atoms with Gasteiger partial charge in [0.2, 0.25) is 10.0 Å². The summed E-state index contributed by atoms with van der Waals surface area (Å²) in [5, 5.41) is 2.67. The third-order valence-corrected chi connectivity index (χ3v) is 10.5. The molecule has 9 heteroatoms. The summed E-state index contributed by atoms with van der Waals surface area (Å²) in [5.74, 6) is 0.625. The molecular formula is C24H33BrN2O5S. The van der Waals surface area contributed by atoms with Gasteiger partial charge in [-0.1, -0.05) is 29.8 Å². The molecule has 0 radical (unpaired) electrons. The normalized spacial score (nSPS) is 30.4. The summed E-state index contributed by atoms with van der Waals surface area (Å²) in [4.78, 5) is 25.0. The van der Waals surface area contributed by atoms with E-state index in [0.717, 1.165) is 19.3 Å². The van der Waals surface area contributed by atoms with Gasteiger partial charge >= 0.3 is 5.97 Å². The van der Waals surface area contributed by atoms with Crippen molar-refractivity contribution in [1.29, 1.82) is 0 Å². The van der Waals surface area contributed by atoms with Crippen LogP contribution in [0.2, 0.25) is 0 Å². The van der Waals surface area contributed by atoms with E-state index in [1.54, 1.807) is 26.0 Å². The van der Waals surface area contributed by atoms with Crippen LogP contribution in [0, 0.1) is 17.3 Å². The first kappa shape index (κ1) is 24.7. The van der Waals surface area contributed by atoms with Crippen LogP contribution in [0.15, 0.2) is 29.2 Å². The number of carbonyl (C=O) groups is 2. The molecule has 33 heavy (non-hydrogen) atoms. The van der Waals surface area contributed by atoms with Crippen LogP contribution >= 0.6 is 15.9 Å². The Bertz CT molecular complexity index is 992. The van der Waals surface area contributed by atoms with Crippen molar-refractivity contribution in [2.24, 2.45) is 17.3 Å². The van der Waals surface area contributed by atoms with Crippen molar-refractivity contribution >= 4 is 43.5 Å². The minimum atomic E-state index is -3.55. The second kappa shape index (κ2) is 9.30. The summed E-state index contributed by atoms with van der Waals surface area (Å²) < 4.78 is 32.0. The Kier molecular flexibility index (Phi) is 6.95. The average Bonchev–Trinajstić information content (AvgIpc) is 2.71. The Hall–Kier alpha value is -1.45. The predicted molar refractivity (Wildman–Crippen MR) is 130 cm³/mol. The molecule has 0 unspecified atom stereocenters. The van der Waals surface area contributed by atoms with Gasteiger partial charge in [-0.05, 0) is 80.0 Å². The van der Waals surface area contributed by atoms with Gasteiger partial charge in [0.1, 0.15) is 0 Å². The van der Waals surface area contributed by atoms with E-state index in [-0.39, 0.29) is 27.2 Å².